The van der Waals surface area contributed by atoms with Crippen LogP contribution in [0, 0.1) is 0 Å². The summed E-state index contributed by atoms with van der Waals surface area (Å²) in [5, 5.41) is 2.99. The van der Waals surface area contributed by atoms with Crippen molar-refractivity contribution >= 4 is 5.91 Å². The average molecular weight is 317 g/mol. The number of methoxy groups -OCH3 is 1. The van der Waals surface area contributed by atoms with Gasteiger partial charge >= 0.3 is 0 Å². The number of nitrogens with one attached hydrogen (secondary N) is 1. The second-order valence-corrected chi connectivity index (χ2v) is 5.84. The molecule has 0 aromatic heterocycles. The molecule has 0 saturated carbocycles. The van der Waals surface area contributed by atoms with Crippen LogP contribution < -0.4 is 14.8 Å². The molecule has 1 aromatic carbocycles. The van der Waals surface area contributed by atoms with E-state index >= 15 is 0 Å². The molecular formula is C19H27NO3. The Bertz CT molecular complexity index is 539. The van der Waals surface area contributed by atoms with Gasteiger partial charge in [-0.2, -0.15) is 0 Å². The predicted molar refractivity (Wildman–Crippen MR) is 91.9 cm³/mol. The molecule has 0 fully saturated rings. The van der Waals surface area contributed by atoms with Crippen LogP contribution in [0.4, 0.5) is 0 Å². The van der Waals surface area contributed by atoms with Gasteiger partial charge in [-0.25, -0.2) is 0 Å². The van der Waals surface area contributed by atoms with E-state index in [4.69, 9.17) is 9.47 Å². The van der Waals surface area contributed by atoms with Crippen molar-refractivity contribution in [3.63, 3.8) is 0 Å². The minimum absolute atomic E-state index is 0.0493. The Labute approximate surface area is 138 Å². The topological polar surface area (TPSA) is 47.6 Å². The maximum absolute atomic E-state index is 12.3. The van der Waals surface area contributed by atoms with Crippen LogP contribution in [0.15, 0.2) is 35.9 Å². The molecule has 1 N–H and O–H groups in total. The summed E-state index contributed by atoms with van der Waals surface area (Å²) in [4.78, 5) is 12.3. The van der Waals surface area contributed by atoms with Gasteiger partial charge in [0.2, 0.25) is 0 Å². The summed E-state index contributed by atoms with van der Waals surface area (Å²) in [6.45, 7) is 2.64. The van der Waals surface area contributed by atoms with E-state index in [1.807, 2.05) is 25.1 Å². The normalized spacial score (nSPS) is 15.5. The summed E-state index contributed by atoms with van der Waals surface area (Å²) in [5.74, 6) is 1.33. The monoisotopic (exact) mass is 317 g/mol. The molecule has 1 unspecified atom stereocenters. The van der Waals surface area contributed by atoms with Crippen LogP contribution in [-0.4, -0.2) is 25.7 Å². The van der Waals surface area contributed by atoms with Crippen molar-refractivity contribution in [1.29, 1.82) is 0 Å². The lowest BCUT2D eigenvalue weighted by Crippen LogP contribution is -2.38. The van der Waals surface area contributed by atoms with Gasteiger partial charge in [0.05, 0.1) is 7.11 Å². The second-order valence-electron chi connectivity index (χ2n) is 5.84. The Hall–Kier alpha value is -1.97. The molecule has 23 heavy (non-hydrogen) atoms. The summed E-state index contributed by atoms with van der Waals surface area (Å²) in [5.41, 5.74) is 1.47. The van der Waals surface area contributed by atoms with Crippen molar-refractivity contribution in [3.8, 4) is 11.5 Å². The lowest BCUT2D eigenvalue weighted by atomic mass is 9.97. The van der Waals surface area contributed by atoms with Gasteiger partial charge in [0, 0.05) is 12.6 Å². The van der Waals surface area contributed by atoms with Gasteiger partial charge < -0.3 is 14.8 Å². The first kappa shape index (κ1) is 17.4. The summed E-state index contributed by atoms with van der Waals surface area (Å²) < 4.78 is 11.0. The lowest BCUT2D eigenvalue weighted by molar-refractivity contribution is -0.128. The molecule has 1 aromatic rings. The van der Waals surface area contributed by atoms with Crippen molar-refractivity contribution < 1.29 is 14.3 Å². The molecule has 4 nitrogen and oxygen atoms in total. The van der Waals surface area contributed by atoms with Gasteiger partial charge in [-0.15, -0.1) is 0 Å². The number of benzene rings is 1. The van der Waals surface area contributed by atoms with E-state index in [0.29, 0.717) is 18.7 Å². The first-order valence-electron chi connectivity index (χ1n) is 8.49. The van der Waals surface area contributed by atoms with Crippen molar-refractivity contribution in [2.24, 2.45) is 0 Å². The van der Waals surface area contributed by atoms with E-state index in [2.05, 4.69) is 11.4 Å². The van der Waals surface area contributed by atoms with Gasteiger partial charge in [0.15, 0.2) is 6.10 Å². The maximum atomic E-state index is 12.3. The highest BCUT2D eigenvalue weighted by Crippen LogP contribution is 2.21. The van der Waals surface area contributed by atoms with Crippen molar-refractivity contribution in [2.45, 2.75) is 51.6 Å². The van der Waals surface area contributed by atoms with Crippen LogP contribution in [0.1, 0.15) is 45.4 Å². The van der Waals surface area contributed by atoms with E-state index in [1.165, 1.54) is 31.3 Å². The van der Waals surface area contributed by atoms with Crippen LogP contribution in [0.25, 0.3) is 0 Å². The SMILES string of the molecule is CCC(Oc1cccc(OC)c1)C(=O)NCCC1=CCCCC1. The zero-order valence-electron chi connectivity index (χ0n) is 14.1. The lowest BCUT2D eigenvalue weighted by Gasteiger charge is -2.18. The Morgan fingerprint density at radius 1 is 1.30 bits per heavy atom. The van der Waals surface area contributed by atoms with E-state index in [1.54, 1.807) is 13.2 Å². The first-order valence-corrected chi connectivity index (χ1v) is 8.49. The Kier molecular flexibility index (Phi) is 6.98. The largest absolute Gasteiger partial charge is 0.497 e. The third kappa shape index (κ3) is 5.62. The molecular weight excluding hydrogens is 290 g/mol. The summed E-state index contributed by atoms with van der Waals surface area (Å²) in [6.07, 6.45) is 8.35. The van der Waals surface area contributed by atoms with Gasteiger partial charge in [-0.3, -0.25) is 4.79 Å². The number of hydrogen-bond acceptors (Lipinski definition) is 3. The van der Waals surface area contributed by atoms with E-state index in [0.717, 1.165) is 12.2 Å². The highest BCUT2D eigenvalue weighted by atomic mass is 16.5. The molecule has 0 heterocycles. The van der Waals surface area contributed by atoms with Crippen molar-refractivity contribution in [3.05, 3.63) is 35.9 Å². The van der Waals surface area contributed by atoms with E-state index in [-0.39, 0.29) is 5.91 Å². The third-order valence-electron chi connectivity index (χ3n) is 4.11. The first-order chi connectivity index (χ1) is 11.2. The fraction of sp³-hybridized carbons (Fsp3) is 0.526. The zero-order valence-corrected chi connectivity index (χ0v) is 14.1. The zero-order chi connectivity index (χ0) is 16.5. The average Bonchev–Trinajstić information content (AvgIpc) is 2.60. The van der Waals surface area contributed by atoms with Crippen LogP contribution in [0.5, 0.6) is 11.5 Å². The van der Waals surface area contributed by atoms with Crippen LogP contribution in [0.2, 0.25) is 0 Å². The molecule has 0 saturated heterocycles. The highest BCUT2D eigenvalue weighted by Gasteiger charge is 2.18. The fourth-order valence-electron chi connectivity index (χ4n) is 2.75. The van der Waals surface area contributed by atoms with Crippen LogP contribution in [-0.2, 0) is 4.79 Å². The van der Waals surface area contributed by atoms with Crippen LogP contribution >= 0.6 is 0 Å². The van der Waals surface area contributed by atoms with Gasteiger partial charge in [0.1, 0.15) is 11.5 Å². The summed E-state index contributed by atoms with van der Waals surface area (Å²) >= 11 is 0. The standard InChI is InChI=1S/C19H27NO3/c1-3-18(23-17-11-7-10-16(14-17)22-2)19(21)20-13-12-15-8-5-4-6-9-15/h7-8,10-11,14,18H,3-6,9,12-13H2,1-2H3,(H,20,21). The molecule has 0 spiro atoms. The van der Waals surface area contributed by atoms with E-state index in [9.17, 15) is 4.79 Å². The number of hydrogen-bond donors (Lipinski definition) is 1. The number of ether oxygens (including phenoxy) is 2. The van der Waals surface area contributed by atoms with Crippen molar-refractivity contribution in [2.75, 3.05) is 13.7 Å². The Balaban J connectivity index is 1.81. The molecule has 1 amide bonds. The quantitative estimate of drug-likeness (QED) is 0.741. The molecule has 2 rings (SSSR count). The minimum atomic E-state index is -0.470. The summed E-state index contributed by atoms with van der Waals surface area (Å²) in [6, 6.07) is 7.34. The third-order valence-corrected chi connectivity index (χ3v) is 4.11. The molecule has 0 bridgehead atoms. The van der Waals surface area contributed by atoms with Crippen LogP contribution in [0.3, 0.4) is 0 Å². The number of carbonyl (C=O) groups is 1. The Morgan fingerprint density at radius 3 is 2.83 bits per heavy atom. The molecule has 1 aliphatic carbocycles. The van der Waals surface area contributed by atoms with Crippen molar-refractivity contribution in [1.82, 2.24) is 5.32 Å². The minimum Gasteiger partial charge on any atom is -0.497 e. The molecule has 0 radical (unpaired) electrons. The maximum Gasteiger partial charge on any atom is 0.261 e. The smallest absolute Gasteiger partial charge is 0.261 e. The van der Waals surface area contributed by atoms with E-state index < -0.39 is 6.10 Å². The molecule has 0 aliphatic heterocycles. The second kappa shape index (κ2) is 9.23. The Morgan fingerprint density at radius 2 is 2.13 bits per heavy atom. The predicted octanol–water partition coefficient (Wildman–Crippen LogP) is 3.86. The molecule has 4 heteroatoms. The molecule has 126 valence electrons. The molecule has 1 atom stereocenters. The number of amides is 1. The van der Waals surface area contributed by atoms with Gasteiger partial charge in [-0.05, 0) is 50.7 Å². The number of allylic oxidation sites excluding steroid dienone is 1. The van der Waals surface area contributed by atoms with Gasteiger partial charge in [-0.1, -0.05) is 24.6 Å². The van der Waals surface area contributed by atoms with Gasteiger partial charge in [0.25, 0.3) is 5.91 Å². The number of carbonyl (C=O) groups excluding carboxylic acids is 1. The summed E-state index contributed by atoms with van der Waals surface area (Å²) in [7, 11) is 1.61. The molecule has 1 aliphatic rings. The highest BCUT2D eigenvalue weighted by molar-refractivity contribution is 5.81. The fourth-order valence-corrected chi connectivity index (χ4v) is 2.75. The number of rotatable bonds is 8.